The standard InChI is InChI=1S/C17H16BrClN2O3S/c1-11-4-3-5-13(8-11)21-25(23,24)14-6-7-16(19)15(9-14)17(22)20-10-12(2)18/h3-9,21H,2,10H2,1H3,(H,20,22). The summed E-state index contributed by atoms with van der Waals surface area (Å²) >= 11 is 9.16. The van der Waals surface area contributed by atoms with Crippen LogP contribution in [0.2, 0.25) is 5.02 Å². The van der Waals surface area contributed by atoms with Crippen molar-refractivity contribution in [2.45, 2.75) is 11.8 Å². The van der Waals surface area contributed by atoms with Crippen LogP contribution in [0.4, 0.5) is 5.69 Å². The highest BCUT2D eigenvalue weighted by molar-refractivity contribution is 9.11. The summed E-state index contributed by atoms with van der Waals surface area (Å²) in [6, 6.07) is 10.9. The number of carbonyl (C=O) groups is 1. The zero-order valence-corrected chi connectivity index (χ0v) is 16.5. The van der Waals surface area contributed by atoms with E-state index in [1.54, 1.807) is 18.2 Å². The summed E-state index contributed by atoms with van der Waals surface area (Å²) in [6.45, 7) is 5.68. The van der Waals surface area contributed by atoms with Gasteiger partial charge in [0.1, 0.15) is 0 Å². The van der Waals surface area contributed by atoms with Crippen molar-refractivity contribution in [3.8, 4) is 0 Å². The molecule has 0 aliphatic carbocycles. The van der Waals surface area contributed by atoms with Crippen molar-refractivity contribution >= 4 is 49.1 Å². The first-order valence-corrected chi connectivity index (χ1v) is 9.85. The van der Waals surface area contributed by atoms with E-state index in [4.69, 9.17) is 11.6 Å². The van der Waals surface area contributed by atoms with Crippen LogP contribution in [-0.4, -0.2) is 20.9 Å². The Morgan fingerprint density at radius 2 is 1.96 bits per heavy atom. The van der Waals surface area contributed by atoms with Crippen LogP contribution in [0.25, 0.3) is 0 Å². The first-order valence-electron chi connectivity index (χ1n) is 7.19. The molecule has 0 saturated heterocycles. The van der Waals surface area contributed by atoms with Crippen LogP contribution < -0.4 is 10.0 Å². The Hall–Kier alpha value is -1.83. The van der Waals surface area contributed by atoms with Gasteiger partial charge in [-0.2, -0.15) is 0 Å². The predicted molar refractivity (Wildman–Crippen MR) is 104 cm³/mol. The minimum atomic E-state index is -3.85. The van der Waals surface area contributed by atoms with Gasteiger partial charge in [0, 0.05) is 16.7 Å². The second kappa shape index (κ2) is 8.03. The zero-order chi connectivity index (χ0) is 18.6. The number of halogens is 2. The molecule has 2 aromatic rings. The Kier molecular flexibility index (Phi) is 6.26. The van der Waals surface area contributed by atoms with E-state index in [-0.39, 0.29) is 22.0 Å². The van der Waals surface area contributed by atoms with Gasteiger partial charge in [-0.1, -0.05) is 46.2 Å². The Bertz CT molecular complexity index is 929. The van der Waals surface area contributed by atoms with Crippen molar-refractivity contribution in [2.24, 2.45) is 0 Å². The minimum absolute atomic E-state index is 0.0544. The number of benzene rings is 2. The number of sulfonamides is 1. The second-order valence-corrected chi connectivity index (χ2v) is 8.53. The van der Waals surface area contributed by atoms with Crippen molar-refractivity contribution < 1.29 is 13.2 Å². The minimum Gasteiger partial charge on any atom is -0.347 e. The van der Waals surface area contributed by atoms with Gasteiger partial charge in [-0.05, 0) is 42.8 Å². The van der Waals surface area contributed by atoms with Gasteiger partial charge in [-0.3, -0.25) is 9.52 Å². The lowest BCUT2D eigenvalue weighted by molar-refractivity contribution is 0.0957. The molecule has 0 unspecified atom stereocenters. The van der Waals surface area contributed by atoms with E-state index in [0.717, 1.165) is 5.56 Å². The van der Waals surface area contributed by atoms with Gasteiger partial charge in [-0.15, -0.1) is 0 Å². The van der Waals surface area contributed by atoms with Crippen molar-refractivity contribution in [1.82, 2.24) is 5.32 Å². The van der Waals surface area contributed by atoms with Gasteiger partial charge in [0.15, 0.2) is 0 Å². The lowest BCUT2D eigenvalue weighted by Gasteiger charge is -2.11. The summed E-state index contributed by atoms with van der Waals surface area (Å²) in [5, 5.41) is 2.75. The Morgan fingerprint density at radius 1 is 1.24 bits per heavy atom. The number of hydrogen-bond donors (Lipinski definition) is 2. The number of amides is 1. The molecule has 0 spiro atoms. The van der Waals surface area contributed by atoms with Gasteiger partial charge in [-0.25, -0.2) is 8.42 Å². The zero-order valence-electron chi connectivity index (χ0n) is 13.3. The van der Waals surface area contributed by atoms with E-state index in [2.05, 4.69) is 32.5 Å². The molecule has 2 rings (SSSR count). The quantitative estimate of drug-likeness (QED) is 0.706. The molecular formula is C17H16BrClN2O3S. The summed E-state index contributed by atoms with van der Waals surface area (Å²) in [6.07, 6.45) is 0. The molecule has 1 amide bonds. The average Bonchev–Trinajstić information content (AvgIpc) is 2.52. The molecule has 8 heteroatoms. The van der Waals surface area contributed by atoms with E-state index < -0.39 is 15.9 Å². The number of carbonyl (C=O) groups excluding carboxylic acids is 1. The van der Waals surface area contributed by atoms with Gasteiger partial charge >= 0.3 is 0 Å². The molecule has 0 atom stereocenters. The second-order valence-electron chi connectivity index (χ2n) is 5.32. The third kappa shape index (κ3) is 5.32. The largest absolute Gasteiger partial charge is 0.347 e. The van der Waals surface area contributed by atoms with Gasteiger partial charge < -0.3 is 5.32 Å². The SMILES string of the molecule is C=C(Br)CNC(=O)c1cc(S(=O)(=O)Nc2cccc(C)c2)ccc1Cl. The fraction of sp³-hybridized carbons (Fsp3) is 0.118. The lowest BCUT2D eigenvalue weighted by Crippen LogP contribution is -2.25. The molecule has 0 aliphatic heterocycles. The maximum absolute atomic E-state index is 12.6. The van der Waals surface area contributed by atoms with Crippen molar-refractivity contribution in [3.05, 3.63) is 69.7 Å². The molecule has 5 nitrogen and oxygen atoms in total. The van der Waals surface area contributed by atoms with Crippen LogP contribution >= 0.6 is 27.5 Å². The molecule has 132 valence electrons. The van der Waals surface area contributed by atoms with E-state index >= 15 is 0 Å². The highest BCUT2D eigenvalue weighted by Gasteiger charge is 2.19. The molecule has 0 heterocycles. The summed E-state index contributed by atoms with van der Waals surface area (Å²) in [5.41, 5.74) is 1.44. The van der Waals surface area contributed by atoms with E-state index in [1.807, 2.05) is 13.0 Å². The van der Waals surface area contributed by atoms with Crippen molar-refractivity contribution in [1.29, 1.82) is 0 Å². The third-order valence-electron chi connectivity index (χ3n) is 3.20. The van der Waals surface area contributed by atoms with E-state index in [0.29, 0.717) is 10.2 Å². The van der Waals surface area contributed by atoms with Crippen LogP contribution in [0.1, 0.15) is 15.9 Å². The Labute approximate surface area is 160 Å². The van der Waals surface area contributed by atoms with E-state index in [1.165, 1.54) is 18.2 Å². The van der Waals surface area contributed by atoms with Crippen molar-refractivity contribution in [2.75, 3.05) is 11.3 Å². The van der Waals surface area contributed by atoms with Crippen LogP contribution in [0.3, 0.4) is 0 Å². The molecule has 0 aliphatic rings. The molecule has 2 aromatic carbocycles. The normalized spacial score (nSPS) is 11.0. The fourth-order valence-electron chi connectivity index (χ4n) is 2.04. The fourth-order valence-corrected chi connectivity index (χ4v) is 3.46. The third-order valence-corrected chi connectivity index (χ3v) is 5.19. The monoisotopic (exact) mass is 442 g/mol. The predicted octanol–water partition coefficient (Wildman–Crippen LogP) is 4.09. The lowest BCUT2D eigenvalue weighted by atomic mass is 10.2. The van der Waals surface area contributed by atoms with Gasteiger partial charge in [0.2, 0.25) is 0 Å². The number of nitrogens with one attached hydrogen (secondary N) is 2. The number of hydrogen-bond acceptors (Lipinski definition) is 3. The average molecular weight is 444 g/mol. The van der Waals surface area contributed by atoms with Gasteiger partial charge in [0.05, 0.1) is 15.5 Å². The van der Waals surface area contributed by atoms with Crippen LogP contribution in [-0.2, 0) is 10.0 Å². The molecule has 0 radical (unpaired) electrons. The molecule has 0 fully saturated rings. The molecule has 25 heavy (non-hydrogen) atoms. The molecule has 2 N–H and O–H groups in total. The van der Waals surface area contributed by atoms with E-state index in [9.17, 15) is 13.2 Å². The first kappa shape index (κ1) is 19.5. The number of anilines is 1. The van der Waals surface area contributed by atoms with Gasteiger partial charge in [0.25, 0.3) is 15.9 Å². The summed E-state index contributed by atoms with van der Waals surface area (Å²) < 4.78 is 28.2. The Balaban J connectivity index is 2.31. The van der Waals surface area contributed by atoms with Crippen molar-refractivity contribution in [3.63, 3.8) is 0 Å². The number of rotatable bonds is 6. The summed E-state index contributed by atoms with van der Waals surface area (Å²) in [5.74, 6) is -0.488. The molecule has 0 aromatic heterocycles. The highest BCUT2D eigenvalue weighted by atomic mass is 79.9. The Morgan fingerprint density at radius 3 is 2.60 bits per heavy atom. The summed E-state index contributed by atoms with van der Waals surface area (Å²) in [4.78, 5) is 12.1. The smallest absolute Gasteiger partial charge is 0.261 e. The molecule has 0 saturated carbocycles. The highest BCUT2D eigenvalue weighted by Crippen LogP contribution is 2.23. The van der Waals surface area contributed by atoms with Crippen LogP contribution in [0.15, 0.2) is 58.4 Å². The maximum atomic E-state index is 12.6. The van der Waals surface area contributed by atoms with Crippen LogP contribution in [0, 0.1) is 6.92 Å². The molecule has 0 bridgehead atoms. The summed E-state index contributed by atoms with van der Waals surface area (Å²) in [7, 11) is -3.85. The topological polar surface area (TPSA) is 75.3 Å². The molecular weight excluding hydrogens is 428 g/mol. The van der Waals surface area contributed by atoms with Crippen LogP contribution in [0.5, 0.6) is 0 Å². The maximum Gasteiger partial charge on any atom is 0.261 e. The number of aryl methyl sites for hydroxylation is 1. The first-order chi connectivity index (χ1) is 11.7.